The van der Waals surface area contributed by atoms with Gasteiger partial charge < -0.3 is 16.4 Å². The van der Waals surface area contributed by atoms with Crippen LogP contribution in [-0.4, -0.2) is 46.6 Å². The van der Waals surface area contributed by atoms with Gasteiger partial charge in [0.25, 0.3) is 0 Å². The Morgan fingerprint density at radius 2 is 2.14 bits per heavy atom. The van der Waals surface area contributed by atoms with Crippen LogP contribution in [-0.2, 0) is 29.7 Å². The minimum Gasteiger partial charge on any atom is -0.369 e. The van der Waals surface area contributed by atoms with Crippen molar-refractivity contribution in [3.05, 3.63) is 53.3 Å². The zero-order chi connectivity index (χ0) is 20.8. The fraction of sp³-hybridized carbons (Fsp3) is 0.476. The van der Waals surface area contributed by atoms with Crippen LogP contribution >= 0.6 is 0 Å². The predicted molar refractivity (Wildman–Crippen MR) is 110 cm³/mol. The number of hydrogen-bond acceptors (Lipinski definition) is 5. The van der Waals surface area contributed by atoms with E-state index in [2.05, 4.69) is 32.8 Å². The van der Waals surface area contributed by atoms with Crippen molar-refractivity contribution in [2.24, 2.45) is 18.7 Å². The molecule has 1 fully saturated rings. The molecule has 0 bridgehead atoms. The summed E-state index contributed by atoms with van der Waals surface area (Å²) in [6, 6.07) is 7.75. The van der Waals surface area contributed by atoms with Crippen LogP contribution in [0.1, 0.15) is 35.6 Å². The number of benzene rings is 1. The summed E-state index contributed by atoms with van der Waals surface area (Å²) >= 11 is 0. The van der Waals surface area contributed by atoms with Gasteiger partial charge in [-0.05, 0) is 37.6 Å². The molecule has 4 N–H and O–H groups in total. The predicted octanol–water partition coefficient (Wildman–Crippen LogP) is 0.694. The van der Waals surface area contributed by atoms with Crippen LogP contribution in [0.15, 0.2) is 36.7 Å². The number of nitrogens with zero attached hydrogens (tertiary/aromatic N) is 3. The molecular formula is C21H30N6O2. The number of carbonyl (C=O) groups is 2. The SMILES string of the molecule is CNC(C(=O)NCc1cccc(CN2CCCC(C(N)=O)C2)c1)c1cnn(C)c1. The maximum atomic E-state index is 12.6. The summed E-state index contributed by atoms with van der Waals surface area (Å²) in [7, 11) is 3.59. The lowest BCUT2D eigenvalue weighted by atomic mass is 9.97. The standard InChI is InChI=1S/C21H30N6O2/c1-23-19(18-11-25-26(2)13-18)21(29)24-10-15-5-3-6-16(9-15)12-27-8-4-7-17(14-27)20(22)28/h3,5-6,9,11,13,17,19,23H,4,7-8,10,12,14H2,1-2H3,(H2,22,28)(H,24,29). The van der Waals surface area contributed by atoms with Crippen molar-refractivity contribution in [3.63, 3.8) is 0 Å². The second-order valence-electron chi connectivity index (χ2n) is 7.68. The average molecular weight is 399 g/mol. The highest BCUT2D eigenvalue weighted by Gasteiger charge is 2.24. The van der Waals surface area contributed by atoms with Crippen LogP contribution in [0.3, 0.4) is 0 Å². The fourth-order valence-corrected chi connectivity index (χ4v) is 3.86. The molecule has 1 aliphatic heterocycles. The Bertz CT molecular complexity index is 849. The molecule has 1 aliphatic rings. The Morgan fingerprint density at radius 3 is 2.83 bits per heavy atom. The Kier molecular flexibility index (Phi) is 7.00. The average Bonchev–Trinajstić information content (AvgIpc) is 3.13. The number of likely N-dealkylation sites (N-methyl/N-ethyl adjacent to an activating group) is 1. The van der Waals surface area contributed by atoms with Gasteiger partial charge in [-0.15, -0.1) is 0 Å². The smallest absolute Gasteiger partial charge is 0.242 e. The molecule has 0 saturated carbocycles. The van der Waals surface area contributed by atoms with Crippen molar-refractivity contribution in [2.75, 3.05) is 20.1 Å². The van der Waals surface area contributed by atoms with Crippen molar-refractivity contribution >= 4 is 11.8 Å². The molecule has 1 aromatic heterocycles. The lowest BCUT2D eigenvalue weighted by Crippen LogP contribution is -2.40. The van der Waals surface area contributed by atoms with E-state index in [9.17, 15) is 9.59 Å². The molecule has 0 aliphatic carbocycles. The maximum Gasteiger partial charge on any atom is 0.242 e. The van der Waals surface area contributed by atoms with Gasteiger partial charge in [0.2, 0.25) is 11.8 Å². The molecule has 3 rings (SSSR count). The zero-order valence-corrected chi connectivity index (χ0v) is 17.1. The summed E-state index contributed by atoms with van der Waals surface area (Å²) in [6.45, 7) is 2.92. The molecule has 8 heteroatoms. The number of carbonyl (C=O) groups excluding carboxylic acids is 2. The highest BCUT2D eigenvalue weighted by molar-refractivity contribution is 5.83. The van der Waals surface area contributed by atoms with Gasteiger partial charge in [-0.25, -0.2) is 0 Å². The molecule has 29 heavy (non-hydrogen) atoms. The van der Waals surface area contributed by atoms with E-state index in [0.717, 1.165) is 37.1 Å². The molecular weight excluding hydrogens is 368 g/mol. The van der Waals surface area contributed by atoms with E-state index in [0.29, 0.717) is 13.1 Å². The number of hydrogen-bond donors (Lipinski definition) is 3. The van der Waals surface area contributed by atoms with Crippen molar-refractivity contribution in [1.82, 2.24) is 25.3 Å². The number of piperidine rings is 1. The van der Waals surface area contributed by atoms with E-state index < -0.39 is 6.04 Å². The molecule has 2 atom stereocenters. The summed E-state index contributed by atoms with van der Waals surface area (Å²) in [6.07, 6.45) is 5.39. The first-order valence-corrected chi connectivity index (χ1v) is 9.99. The number of nitrogens with two attached hydrogens (primary N) is 1. The summed E-state index contributed by atoms with van der Waals surface area (Å²) in [5, 5.41) is 10.2. The van der Waals surface area contributed by atoms with Crippen molar-refractivity contribution in [3.8, 4) is 0 Å². The second kappa shape index (κ2) is 9.67. The molecule has 2 unspecified atom stereocenters. The zero-order valence-electron chi connectivity index (χ0n) is 17.1. The monoisotopic (exact) mass is 398 g/mol. The number of amides is 2. The third-order valence-corrected chi connectivity index (χ3v) is 5.38. The lowest BCUT2D eigenvalue weighted by Gasteiger charge is -2.31. The third-order valence-electron chi connectivity index (χ3n) is 5.38. The van der Waals surface area contributed by atoms with E-state index in [4.69, 9.17) is 5.73 Å². The number of aryl methyl sites for hydroxylation is 1. The highest BCUT2D eigenvalue weighted by atomic mass is 16.2. The van der Waals surface area contributed by atoms with Crippen LogP contribution in [0.4, 0.5) is 0 Å². The number of primary amides is 1. The molecule has 2 heterocycles. The van der Waals surface area contributed by atoms with Gasteiger partial charge in [-0.3, -0.25) is 19.2 Å². The van der Waals surface area contributed by atoms with Gasteiger partial charge in [-0.2, -0.15) is 5.10 Å². The van der Waals surface area contributed by atoms with Crippen molar-refractivity contribution in [1.29, 1.82) is 0 Å². The van der Waals surface area contributed by atoms with E-state index in [1.807, 2.05) is 25.4 Å². The normalized spacial score (nSPS) is 18.3. The van der Waals surface area contributed by atoms with Gasteiger partial charge >= 0.3 is 0 Å². The van der Waals surface area contributed by atoms with Crippen molar-refractivity contribution < 1.29 is 9.59 Å². The minimum atomic E-state index is -0.439. The molecule has 0 spiro atoms. The second-order valence-corrected chi connectivity index (χ2v) is 7.68. The Hall–Kier alpha value is -2.71. The first-order valence-electron chi connectivity index (χ1n) is 9.99. The van der Waals surface area contributed by atoms with E-state index >= 15 is 0 Å². The van der Waals surface area contributed by atoms with Gasteiger partial charge in [0.1, 0.15) is 6.04 Å². The first kappa shape index (κ1) is 21.0. The summed E-state index contributed by atoms with van der Waals surface area (Å²) in [5.74, 6) is -0.359. The van der Waals surface area contributed by atoms with E-state index in [1.54, 1.807) is 17.9 Å². The summed E-state index contributed by atoms with van der Waals surface area (Å²) in [5.41, 5.74) is 8.51. The molecule has 1 aromatic carbocycles. The first-order chi connectivity index (χ1) is 14.0. The molecule has 156 valence electrons. The topological polar surface area (TPSA) is 105 Å². The Labute approximate surface area is 171 Å². The number of likely N-dealkylation sites (tertiary alicyclic amines) is 1. The summed E-state index contributed by atoms with van der Waals surface area (Å²) < 4.78 is 1.68. The van der Waals surface area contributed by atoms with Crippen LogP contribution in [0.2, 0.25) is 0 Å². The van der Waals surface area contributed by atoms with Gasteiger partial charge in [0, 0.05) is 38.4 Å². The highest BCUT2D eigenvalue weighted by Crippen LogP contribution is 2.19. The fourth-order valence-electron chi connectivity index (χ4n) is 3.86. The largest absolute Gasteiger partial charge is 0.369 e. The van der Waals surface area contributed by atoms with E-state index in [-0.39, 0.29) is 17.7 Å². The minimum absolute atomic E-state index is 0.0582. The quantitative estimate of drug-likeness (QED) is 0.607. The molecule has 0 radical (unpaired) electrons. The van der Waals surface area contributed by atoms with Gasteiger partial charge in [0.15, 0.2) is 0 Å². The van der Waals surface area contributed by atoms with Crippen LogP contribution < -0.4 is 16.4 Å². The molecule has 1 saturated heterocycles. The maximum absolute atomic E-state index is 12.6. The molecule has 2 aromatic rings. The van der Waals surface area contributed by atoms with Gasteiger partial charge in [0.05, 0.1) is 12.1 Å². The third kappa shape index (κ3) is 5.65. The summed E-state index contributed by atoms with van der Waals surface area (Å²) in [4.78, 5) is 26.4. The van der Waals surface area contributed by atoms with Crippen LogP contribution in [0, 0.1) is 5.92 Å². The van der Waals surface area contributed by atoms with Gasteiger partial charge in [-0.1, -0.05) is 24.3 Å². The number of aromatic nitrogens is 2. The lowest BCUT2D eigenvalue weighted by molar-refractivity contribution is -0.124. The Balaban J connectivity index is 1.57. The number of rotatable bonds is 8. The van der Waals surface area contributed by atoms with Crippen LogP contribution in [0.25, 0.3) is 0 Å². The Morgan fingerprint density at radius 1 is 1.34 bits per heavy atom. The van der Waals surface area contributed by atoms with Crippen LogP contribution in [0.5, 0.6) is 0 Å². The number of nitrogens with one attached hydrogen (secondary N) is 2. The molecule has 2 amide bonds. The van der Waals surface area contributed by atoms with Crippen molar-refractivity contribution in [2.45, 2.75) is 32.0 Å². The molecule has 8 nitrogen and oxygen atoms in total. The van der Waals surface area contributed by atoms with E-state index in [1.165, 1.54) is 5.56 Å².